The van der Waals surface area contributed by atoms with E-state index in [0.29, 0.717) is 12.0 Å². The van der Waals surface area contributed by atoms with Gasteiger partial charge in [0.05, 0.1) is 23.1 Å². The van der Waals surface area contributed by atoms with Gasteiger partial charge in [-0.2, -0.15) is 5.10 Å². The Morgan fingerprint density at radius 1 is 0.926 bits per heavy atom. The lowest BCUT2D eigenvalue weighted by Crippen LogP contribution is -2.08. The zero-order chi connectivity index (χ0) is 18.6. The van der Waals surface area contributed by atoms with E-state index in [-0.39, 0.29) is 5.56 Å². The largest absolute Gasteiger partial charge is 0.478 e. The van der Waals surface area contributed by atoms with E-state index in [1.54, 1.807) is 6.20 Å². The number of carboxylic acids is 1. The number of hydrogen-bond donors (Lipinski definition) is 1. The summed E-state index contributed by atoms with van der Waals surface area (Å²) >= 11 is 0. The molecular weight excluding hydrogens is 338 g/mol. The fourth-order valence-corrected chi connectivity index (χ4v) is 3.15. The van der Waals surface area contributed by atoms with Crippen LogP contribution in [0.15, 0.2) is 85.3 Å². The van der Waals surface area contributed by atoms with Gasteiger partial charge in [0.15, 0.2) is 0 Å². The van der Waals surface area contributed by atoms with Gasteiger partial charge in [0.2, 0.25) is 0 Å². The predicted molar refractivity (Wildman–Crippen MR) is 103 cm³/mol. The van der Waals surface area contributed by atoms with Crippen LogP contribution in [0.2, 0.25) is 0 Å². The van der Waals surface area contributed by atoms with Crippen LogP contribution in [0.3, 0.4) is 0 Å². The van der Waals surface area contributed by atoms with Gasteiger partial charge in [-0.05, 0) is 29.3 Å². The second-order valence-electron chi connectivity index (χ2n) is 6.13. The Kier molecular flexibility index (Phi) is 4.49. The average Bonchev–Trinajstić information content (AvgIpc) is 3.13. The van der Waals surface area contributed by atoms with E-state index in [2.05, 4.69) is 10.1 Å². The highest BCUT2D eigenvalue weighted by Gasteiger charge is 2.18. The SMILES string of the molecule is O=C(O)c1ccncc1Cc1c(-c2ccccc2)cnn1-c1ccccc1. The van der Waals surface area contributed by atoms with Gasteiger partial charge in [-0.1, -0.05) is 48.5 Å². The van der Waals surface area contributed by atoms with Crippen LogP contribution < -0.4 is 0 Å². The minimum Gasteiger partial charge on any atom is -0.478 e. The molecule has 2 heterocycles. The monoisotopic (exact) mass is 355 g/mol. The molecule has 2 aromatic heterocycles. The Labute approximate surface area is 156 Å². The Morgan fingerprint density at radius 2 is 1.63 bits per heavy atom. The standard InChI is InChI=1S/C22H17N3O2/c26-22(27)19-11-12-23-14-17(19)13-21-20(16-7-3-1-4-8-16)15-24-25(21)18-9-5-2-6-10-18/h1-12,14-15H,13H2,(H,26,27). The third-order valence-electron chi connectivity index (χ3n) is 4.45. The molecule has 0 spiro atoms. The van der Waals surface area contributed by atoms with Crippen molar-refractivity contribution in [2.24, 2.45) is 0 Å². The summed E-state index contributed by atoms with van der Waals surface area (Å²) in [5.41, 5.74) is 4.76. The van der Waals surface area contributed by atoms with Gasteiger partial charge in [0, 0.05) is 24.4 Å². The molecule has 132 valence electrons. The summed E-state index contributed by atoms with van der Waals surface area (Å²) in [4.78, 5) is 15.7. The van der Waals surface area contributed by atoms with Gasteiger partial charge in [-0.3, -0.25) is 4.98 Å². The summed E-state index contributed by atoms with van der Waals surface area (Å²) < 4.78 is 1.86. The van der Waals surface area contributed by atoms with Crippen molar-refractivity contribution in [3.8, 4) is 16.8 Å². The van der Waals surface area contributed by atoms with E-state index in [1.165, 1.54) is 12.3 Å². The zero-order valence-corrected chi connectivity index (χ0v) is 14.5. The lowest BCUT2D eigenvalue weighted by Gasteiger charge is -2.12. The molecule has 2 aromatic carbocycles. The number of rotatable bonds is 5. The summed E-state index contributed by atoms with van der Waals surface area (Å²) in [6.07, 6.45) is 5.35. The molecule has 4 aromatic rings. The summed E-state index contributed by atoms with van der Waals surface area (Å²) in [7, 11) is 0. The van der Waals surface area contributed by atoms with Crippen LogP contribution in [0.25, 0.3) is 16.8 Å². The number of para-hydroxylation sites is 1. The van der Waals surface area contributed by atoms with Crippen molar-refractivity contribution >= 4 is 5.97 Å². The number of carboxylic acid groups (broad SMARTS) is 1. The number of aromatic carboxylic acids is 1. The van der Waals surface area contributed by atoms with Crippen molar-refractivity contribution in [2.75, 3.05) is 0 Å². The molecule has 0 aliphatic carbocycles. The van der Waals surface area contributed by atoms with Crippen LogP contribution in [-0.4, -0.2) is 25.8 Å². The summed E-state index contributed by atoms with van der Waals surface area (Å²) in [6.45, 7) is 0. The van der Waals surface area contributed by atoms with Gasteiger partial charge >= 0.3 is 5.97 Å². The molecule has 1 N–H and O–H groups in total. The highest BCUT2D eigenvalue weighted by molar-refractivity contribution is 5.89. The molecule has 0 radical (unpaired) electrons. The third-order valence-corrected chi connectivity index (χ3v) is 4.45. The molecule has 0 bridgehead atoms. The molecule has 27 heavy (non-hydrogen) atoms. The lowest BCUT2D eigenvalue weighted by atomic mass is 9.99. The molecule has 4 rings (SSSR count). The Hall–Kier alpha value is -3.73. The first-order valence-corrected chi connectivity index (χ1v) is 8.58. The number of aromatic nitrogens is 3. The number of pyridine rings is 1. The van der Waals surface area contributed by atoms with E-state index in [4.69, 9.17) is 0 Å². The average molecular weight is 355 g/mol. The molecule has 0 aliphatic heterocycles. The van der Waals surface area contributed by atoms with Crippen molar-refractivity contribution in [1.29, 1.82) is 0 Å². The van der Waals surface area contributed by atoms with E-state index in [1.807, 2.05) is 71.5 Å². The summed E-state index contributed by atoms with van der Waals surface area (Å²) in [5, 5.41) is 14.1. The normalized spacial score (nSPS) is 10.7. The van der Waals surface area contributed by atoms with Crippen molar-refractivity contribution in [3.05, 3.63) is 102 Å². The molecule has 5 heteroatoms. The first kappa shape index (κ1) is 16.7. The van der Waals surface area contributed by atoms with Crippen molar-refractivity contribution in [3.63, 3.8) is 0 Å². The maximum atomic E-state index is 11.6. The quantitative estimate of drug-likeness (QED) is 0.582. The number of nitrogens with zero attached hydrogens (tertiary/aromatic N) is 3. The van der Waals surface area contributed by atoms with Gasteiger partial charge < -0.3 is 5.11 Å². The van der Waals surface area contributed by atoms with Crippen LogP contribution in [0.5, 0.6) is 0 Å². The van der Waals surface area contributed by atoms with Crippen molar-refractivity contribution in [2.45, 2.75) is 6.42 Å². The predicted octanol–water partition coefficient (Wildman–Crippen LogP) is 4.22. The third kappa shape index (κ3) is 3.35. The second kappa shape index (κ2) is 7.25. The Balaban J connectivity index is 1.87. The smallest absolute Gasteiger partial charge is 0.336 e. The molecule has 0 saturated carbocycles. The van der Waals surface area contributed by atoms with Gasteiger partial charge in [-0.15, -0.1) is 0 Å². The summed E-state index contributed by atoms with van der Waals surface area (Å²) in [5.74, 6) is -0.959. The maximum Gasteiger partial charge on any atom is 0.336 e. The minimum absolute atomic E-state index is 0.254. The van der Waals surface area contributed by atoms with Gasteiger partial charge in [-0.25, -0.2) is 9.48 Å². The van der Waals surface area contributed by atoms with Gasteiger partial charge in [0.1, 0.15) is 0 Å². The van der Waals surface area contributed by atoms with Crippen LogP contribution in [0.4, 0.5) is 0 Å². The highest BCUT2D eigenvalue weighted by atomic mass is 16.4. The second-order valence-corrected chi connectivity index (χ2v) is 6.13. The maximum absolute atomic E-state index is 11.6. The highest BCUT2D eigenvalue weighted by Crippen LogP contribution is 2.28. The Morgan fingerprint density at radius 3 is 2.33 bits per heavy atom. The number of carbonyl (C=O) groups is 1. The van der Waals surface area contributed by atoms with Gasteiger partial charge in [0.25, 0.3) is 0 Å². The minimum atomic E-state index is -0.959. The van der Waals surface area contributed by atoms with Crippen LogP contribution in [-0.2, 0) is 6.42 Å². The van der Waals surface area contributed by atoms with Crippen molar-refractivity contribution in [1.82, 2.24) is 14.8 Å². The van der Waals surface area contributed by atoms with E-state index in [9.17, 15) is 9.90 Å². The fraction of sp³-hybridized carbons (Fsp3) is 0.0455. The van der Waals surface area contributed by atoms with Crippen LogP contribution in [0, 0.1) is 0 Å². The molecule has 0 aliphatic rings. The lowest BCUT2D eigenvalue weighted by molar-refractivity contribution is 0.0695. The van der Waals surface area contributed by atoms with E-state index < -0.39 is 5.97 Å². The first-order valence-electron chi connectivity index (χ1n) is 8.58. The molecule has 0 unspecified atom stereocenters. The van der Waals surface area contributed by atoms with Crippen molar-refractivity contribution < 1.29 is 9.90 Å². The van der Waals surface area contributed by atoms with Crippen LogP contribution in [0.1, 0.15) is 21.6 Å². The molecule has 0 fully saturated rings. The molecule has 0 amide bonds. The molecule has 0 atom stereocenters. The molecule has 5 nitrogen and oxygen atoms in total. The fourth-order valence-electron chi connectivity index (χ4n) is 3.15. The Bertz CT molecular complexity index is 1020. The summed E-state index contributed by atoms with van der Waals surface area (Å²) in [6, 6.07) is 21.3. The molecule has 0 saturated heterocycles. The number of benzene rings is 2. The van der Waals surface area contributed by atoms with E-state index in [0.717, 1.165) is 22.5 Å². The zero-order valence-electron chi connectivity index (χ0n) is 14.5. The van der Waals surface area contributed by atoms with E-state index >= 15 is 0 Å². The van der Waals surface area contributed by atoms with Crippen LogP contribution >= 0.6 is 0 Å². The topological polar surface area (TPSA) is 68.0 Å². The molecular formula is C22H17N3O2. The number of hydrogen-bond acceptors (Lipinski definition) is 3. The first-order chi connectivity index (χ1) is 13.2.